The first-order valence-corrected chi connectivity index (χ1v) is 7.54. The first kappa shape index (κ1) is 14.8. The van der Waals surface area contributed by atoms with Crippen molar-refractivity contribution in [3.05, 3.63) is 58.9 Å². The van der Waals surface area contributed by atoms with Crippen LogP contribution in [0, 0.1) is 12.7 Å². The molecular weight excluding hydrogens is 247 g/mol. The molecule has 0 N–H and O–H groups in total. The Morgan fingerprint density at radius 3 is 2.10 bits per heavy atom. The molecule has 0 heterocycles. The van der Waals surface area contributed by atoms with E-state index in [-0.39, 0.29) is 5.82 Å². The Balaban J connectivity index is 2.35. The summed E-state index contributed by atoms with van der Waals surface area (Å²) in [5, 5.41) is 0. The van der Waals surface area contributed by atoms with Crippen LogP contribution < -0.4 is 0 Å². The molecule has 0 aliphatic carbocycles. The molecule has 0 bridgehead atoms. The van der Waals surface area contributed by atoms with Crippen LogP contribution in [0.1, 0.15) is 43.4 Å². The molecule has 0 atom stereocenters. The molecule has 2 aromatic carbocycles. The third kappa shape index (κ3) is 3.09. The molecule has 106 valence electrons. The average Bonchev–Trinajstić information content (AvgIpc) is 2.46. The maximum Gasteiger partial charge on any atom is 0.134 e. The van der Waals surface area contributed by atoms with Crippen molar-refractivity contribution in [1.82, 2.24) is 0 Å². The van der Waals surface area contributed by atoms with Crippen LogP contribution in [0.5, 0.6) is 0 Å². The molecule has 0 aliphatic heterocycles. The molecule has 0 amide bonds. The van der Waals surface area contributed by atoms with Gasteiger partial charge in [-0.2, -0.15) is 0 Å². The molecular formula is C19H23F. The fourth-order valence-corrected chi connectivity index (χ4v) is 2.63. The van der Waals surface area contributed by atoms with Gasteiger partial charge >= 0.3 is 0 Å². The van der Waals surface area contributed by atoms with Crippen LogP contribution in [-0.2, 0) is 12.8 Å². The van der Waals surface area contributed by atoms with E-state index in [9.17, 15) is 4.39 Å². The first-order valence-electron chi connectivity index (χ1n) is 7.54. The summed E-state index contributed by atoms with van der Waals surface area (Å²) < 4.78 is 14.5. The van der Waals surface area contributed by atoms with Gasteiger partial charge < -0.3 is 0 Å². The van der Waals surface area contributed by atoms with Gasteiger partial charge in [-0.05, 0) is 42.0 Å². The Morgan fingerprint density at radius 2 is 1.50 bits per heavy atom. The Hall–Kier alpha value is -1.63. The van der Waals surface area contributed by atoms with Crippen molar-refractivity contribution >= 4 is 0 Å². The molecule has 0 saturated carbocycles. The monoisotopic (exact) mass is 270 g/mol. The SMILES string of the molecule is CCCc1ccc(-c2ccc(CCC)c(C)c2F)cc1. The Labute approximate surface area is 121 Å². The maximum absolute atomic E-state index is 14.5. The van der Waals surface area contributed by atoms with E-state index in [1.807, 2.05) is 25.1 Å². The van der Waals surface area contributed by atoms with Gasteiger partial charge in [0, 0.05) is 5.56 Å². The summed E-state index contributed by atoms with van der Waals surface area (Å²) in [6, 6.07) is 12.3. The van der Waals surface area contributed by atoms with Crippen molar-refractivity contribution in [1.29, 1.82) is 0 Å². The molecule has 0 aromatic heterocycles. The zero-order valence-corrected chi connectivity index (χ0v) is 12.7. The van der Waals surface area contributed by atoms with E-state index in [1.165, 1.54) is 5.56 Å². The first-order chi connectivity index (χ1) is 9.67. The lowest BCUT2D eigenvalue weighted by atomic mass is 9.96. The Kier molecular flexibility index (Phi) is 4.94. The van der Waals surface area contributed by atoms with E-state index >= 15 is 0 Å². The number of benzene rings is 2. The minimum absolute atomic E-state index is 0.0702. The van der Waals surface area contributed by atoms with Crippen LogP contribution in [0.15, 0.2) is 36.4 Å². The lowest BCUT2D eigenvalue weighted by molar-refractivity contribution is 0.618. The van der Waals surface area contributed by atoms with Gasteiger partial charge in [0.1, 0.15) is 5.82 Å². The number of hydrogen-bond donors (Lipinski definition) is 0. The minimum atomic E-state index is -0.0702. The summed E-state index contributed by atoms with van der Waals surface area (Å²) in [4.78, 5) is 0. The zero-order chi connectivity index (χ0) is 14.5. The highest BCUT2D eigenvalue weighted by Gasteiger charge is 2.10. The van der Waals surface area contributed by atoms with E-state index < -0.39 is 0 Å². The second-order valence-corrected chi connectivity index (χ2v) is 5.41. The zero-order valence-electron chi connectivity index (χ0n) is 12.7. The van der Waals surface area contributed by atoms with Crippen LogP contribution in [-0.4, -0.2) is 0 Å². The van der Waals surface area contributed by atoms with Gasteiger partial charge in [-0.3, -0.25) is 0 Å². The Bertz CT molecular complexity index is 567. The van der Waals surface area contributed by atoms with Crippen molar-refractivity contribution < 1.29 is 4.39 Å². The van der Waals surface area contributed by atoms with Crippen molar-refractivity contribution in [3.63, 3.8) is 0 Å². The van der Waals surface area contributed by atoms with Crippen LogP contribution in [0.4, 0.5) is 4.39 Å². The predicted octanol–water partition coefficient (Wildman–Crippen LogP) is 5.71. The summed E-state index contributed by atoms with van der Waals surface area (Å²) in [6.45, 7) is 6.18. The van der Waals surface area contributed by atoms with E-state index in [4.69, 9.17) is 0 Å². The van der Waals surface area contributed by atoms with Gasteiger partial charge in [-0.15, -0.1) is 0 Å². The fraction of sp³-hybridized carbons (Fsp3) is 0.368. The van der Waals surface area contributed by atoms with Crippen molar-refractivity contribution in [3.8, 4) is 11.1 Å². The number of aryl methyl sites for hydroxylation is 2. The molecule has 1 heteroatoms. The highest BCUT2D eigenvalue weighted by Crippen LogP contribution is 2.27. The van der Waals surface area contributed by atoms with E-state index in [1.54, 1.807) is 0 Å². The van der Waals surface area contributed by atoms with Gasteiger partial charge in [0.2, 0.25) is 0 Å². The highest BCUT2D eigenvalue weighted by molar-refractivity contribution is 5.66. The molecule has 0 radical (unpaired) electrons. The number of halogens is 1. The number of hydrogen-bond acceptors (Lipinski definition) is 0. The van der Waals surface area contributed by atoms with Gasteiger partial charge in [-0.1, -0.05) is 63.1 Å². The third-order valence-electron chi connectivity index (χ3n) is 3.82. The van der Waals surface area contributed by atoms with E-state index in [0.29, 0.717) is 5.56 Å². The molecule has 0 nitrogen and oxygen atoms in total. The smallest absolute Gasteiger partial charge is 0.134 e. The second kappa shape index (κ2) is 6.69. The second-order valence-electron chi connectivity index (χ2n) is 5.41. The number of rotatable bonds is 5. The van der Waals surface area contributed by atoms with E-state index in [0.717, 1.165) is 42.4 Å². The average molecular weight is 270 g/mol. The topological polar surface area (TPSA) is 0 Å². The molecule has 20 heavy (non-hydrogen) atoms. The van der Waals surface area contributed by atoms with Crippen molar-refractivity contribution in [2.24, 2.45) is 0 Å². The van der Waals surface area contributed by atoms with Crippen molar-refractivity contribution in [2.75, 3.05) is 0 Å². The summed E-state index contributed by atoms with van der Waals surface area (Å²) in [7, 11) is 0. The molecule has 0 fully saturated rings. The van der Waals surface area contributed by atoms with Crippen LogP contribution >= 0.6 is 0 Å². The minimum Gasteiger partial charge on any atom is -0.206 e. The van der Waals surface area contributed by atoms with Gasteiger partial charge in [0.15, 0.2) is 0 Å². The molecule has 0 saturated heterocycles. The van der Waals surface area contributed by atoms with E-state index in [2.05, 4.69) is 32.0 Å². The summed E-state index contributed by atoms with van der Waals surface area (Å²) in [5.41, 5.74) is 4.91. The van der Waals surface area contributed by atoms with Gasteiger partial charge in [0.05, 0.1) is 0 Å². The van der Waals surface area contributed by atoms with Crippen LogP contribution in [0.2, 0.25) is 0 Å². The van der Waals surface area contributed by atoms with Crippen LogP contribution in [0.3, 0.4) is 0 Å². The quantitative estimate of drug-likeness (QED) is 0.653. The maximum atomic E-state index is 14.5. The van der Waals surface area contributed by atoms with Crippen LogP contribution in [0.25, 0.3) is 11.1 Å². The van der Waals surface area contributed by atoms with Gasteiger partial charge in [-0.25, -0.2) is 4.39 Å². The molecule has 2 aromatic rings. The lowest BCUT2D eigenvalue weighted by Gasteiger charge is -2.11. The highest BCUT2D eigenvalue weighted by atomic mass is 19.1. The molecule has 0 unspecified atom stereocenters. The Morgan fingerprint density at radius 1 is 0.850 bits per heavy atom. The largest absolute Gasteiger partial charge is 0.206 e. The fourth-order valence-electron chi connectivity index (χ4n) is 2.63. The molecule has 0 spiro atoms. The third-order valence-corrected chi connectivity index (χ3v) is 3.82. The molecule has 2 rings (SSSR count). The predicted molar refractivity (Wildman–Crippen MR) is 84.6 cm³/mol. The van der Waals surface area contributed by atoms with Crippen molar-refractivity contribution in [2.45, 2.75) is 46.5 Å². The summed E-state index contributed by atoms with van der Waals surface area (Å²) >= 11 is 0. The summed E-state index contributed by atoms with van der Waals surface area (Å²) in [5.74, 6) is -0.0702. The van der Waals surface area contributed by atoms with Gasteiger partial charge in [0.25, 0.3) is 0 Å². The standard InChI is InChI=1S/C19H23F/c1-4-6-15-8-10-17(11-9-15)18-13-12-16(7-5-2)14(3)19(18)20/h8-13H,4-7H2,1-3H3. The summed E-state index contributed by atoms with van der Waals surface area (Å²) in [6.07, 6.45) is 4.21. The molecule has 0 aliphatic rings. The lowest BCUT2D eigenvalue weighted by Crippen LogP contribution is -1.96. The normalized spacial score (nSPS) is 10.8.